The van der Waals surface area contributed by atoms with E-state index in [0.717, 1.165) is 51.0 Å². The molecule has 1 aromatic rings. The highest BCUT2D eigenvalue weighted by atomic mass is 16.2. The van der Waals surface area contributed by atoms with Gasteiger partial charge in [-0.25, -0.2) is 4.98 Å². The molecule has 2 saturated carbocycles. The Balaban J connectivity index is 1.25. The van der Waals surface area contributed by atoms with E-state index in [9.17, 15) is 9.59 Å². The first kappa shape index (κ1) is 16.3. The number of rotatable bonds is 3. The van der Waals surface area contributed by atoms with E-state index in [4.69, 9.17) is 0 Å². The molecule has 6 heteroatoms. The van der Waals surface area contributed by atoms with E-state index < -0.39 is 0 Å². The second-order valence-corrected chi connectivity index (χ2v) is 8.73. The Labute approximate surface area is 154 Å². The monoisotopic (exact) mass is 356 g/mol. The van der Waals surface area contributed by atoms with Crippen molar-refractivity contribution in [2.24, 2.45) is 11.3 Å². The van der Waals surface area contributed by atoms with Crippen molar-refractivity contribution in [3.8, 4) is 0 Å². The van der Waals surface area contributed by atoms with Crippen LogP contribution in [-0.2, 0) is 17.8 Å². The predicted octanol–water partition coefficient (Wildman–Crippen LogP) is 2.08. The Hall–Kier alpha value is -1.85. The van der Waals surface area contributed by atoms with Gasteiger partial charge in [-0.1, -0.05) is 12.8 Å². The molecule has 3 heterocycles. The molecular formula is C20H28N4O2. The zero-order valence-corrected chi connectivity index (χ0v) is 15.6. The molecule has 3 atom stereocenters. The summed E-state index contributed by atoms with van der Waals surface area (Å²) in [5.41, 5.74) is 0.681. The SMILES string of the molecule is CN(C(=O)c1cnc2n1CCC2)C1CCN(C(=O)C23CCCCC2C3)C1. The van der Waals surface area contributed by atoms with Gasteiger partial charge in [0.15, 0.2) is 0 Å². The van der Waals surface area contributed by atoms with E-state index in [2.05, 4.69) is 9.55 Å². The molecule has 6 nitrogen and oxygen atoms in total. The lowest BCUT2D eigenvalue weighted by molar-refractivity contribution is -0.137. The molecule has 3 fully saturated rings. The third kappa shape index (κ3) is 2.33. The van der Waals surface area contributed by atoms with Crippen molar-refractivity contribution < 1.29 is 9.59 Å². The Bertz CT molecular complexity index is 757. The fraction of sp³-hybridized carbons (Fsp3) is 0.750. The minimum atomic E-state index is -0.0258. The molecule has 140 valence electrons. The van der Waals surface area contributed by atoms with E-state index in [1.807, 2.05) is 16.8 Å². The van der Waals surface area contributed by atoms with Crippen LogP contribution >= 0.6 is 0 Å². The Morgan fingerprint density at radius 3 is 2.96 bits per heavy atom. The van der Waals surface area contributed by atoms with E-state index >= 15 is 0 Å². The molecule has 0 radical (unpaired) electrons. The predicted molar refractivity (Wildman–Crippen MR) is 96.6 cm³/mol. The lowest BCUT2D eigenvalue weighted by atomic mass is 9.87. The molecule has 2 amide bonds. The van der Waals surface area contributed by atoms with Crippen molar-refractivity contribution >= 4 is 11.8 Å². The van der Waals surface area contributed by atoms with Crippen LogP contribution in [0.5, 0.6) is 0 Å². The molecule has 5 rings (SSSR count). The van der Waals surface area contributed by atoms with Crippen molar-refractivity contribution in [2.45, 2.75) is 64.0 Å². The minimum absolute atomic E-state index is 0.0258. The number of likely N-dealkylation sites (tertiary alicyclic amines) is 1. The summed E-state index contributed by atoms with van der Waals surface area (Å²) in [5, 5.41) is 0. The average molecular weight is 356 g/mol. The number of likely N-dealkylation sites (N-methyl/N-ethyl adjacent to an activating group) is 1. The van der Waals surface area contributed by atoms with E-state index in [0.29, 0.717) is 24.1 Å². The number of aryl methyl sites for hydroxylation is 1. The first-order valence-electron chi connectivity index (χ1n) is 10.2. The van der Waals surface area contributed by atoms with Gasteiger partial charge in [-0.2, -0.15) is 0 Å². The third-order valence-electron chi connectivity index (χ3n) is 7.34. The normalized spacial score (nSPS) is 32.3. The molecule has 4 aliphatic rings. The molecule has 0 spiro atoms. The van der Waals surface area contributed by atoms with Gasteiger partial charge in [0.1, 0.15) is 11.5 Å². The number of hydrogen-bond donors (Lipinski definition) is 0. The number of carbonyl (C=O) groups excluding carboxylic acids is 2. The zero-order valence-electron chi connectivity index (χ0n) is 15.6. The Morgan fingerprint density at radius 2 is 2.12 bits per heavy atom. The maximum absolute atomic E-state index is 13.1. The molecule has 1 aromatic heterocycles. The van der Waals surface area contributed by atoms with Crippen LogP contribution < -0.4 is 0 Å². The third-order valence-corrected chi connectivity index (χ3v) is 7.34. The maximum atomic E-state index is 13.1. The van der Waals surface area contributed by atoms with Crippen molar-refractivity contribution in [2.75, 3.05) is 20.1 Å². The lowest BCUT2D eigenvalue weighted by Gasteiger charge is -2.28. The summed E-state index contributed by atoms with van der Waals surface area (Å²) in [7, 11) is 1.88. The number of imidazole rings is 1. The highest BCUT2D eigenvalue weighted by Crippen LogP contribution is 2.62. The van der Waals surface area contributed by atoms with Gasteiger partial charge in [-0.05, 0) is 38.0 Å². The lowest BCUT2D eigenvalue weighted by Crippen LogP contribution is -2.42. The fourth-order valence-corrected chi connectivity index (χ4v) is 5.60. The number of fused-ring (bicyclic) bond motifs is 2. The summed E-state index contributed by atoms with van der Waals surface area (Å²) in [6.07, 6.45) is 10.5. The molecular weight excluding hydrogens is 328 g/mol. The molecule has 0 bridgehead atoms. The van der Waals surface area contributed by atoms with Crippen molar-refractivity contribution in [1.82, 2.24) is 19.4 Å². The smallest absolute Gasteiger partial charge is 0.272 e. The second-order valence-electron chi connectivity index (χ2n) is 8.73. The molecule has 3 unspecified atom stereocenters. The summed E-state index contributed by atoms with van der Waals surface area (Å²) < 4.78 is 2.06. The summed E-state index contributed by atoms with van der Waals surface area (Å²) >= 11 is 0. The van der Waals surface area contributed by atoms with Crippen molar-refractivity contribution in [1.29, 1.82) is 0 Å². The van der Waals surface area contributed by atoms with Gasteiger partial charge >= 0.3 is 0 Å². The van der Waals surface area contributed by atoms with Crippen LogP contribution in [0.1, 0.15) is 61.3 Å². The maximum Gasteiger partial charge on any atom is 0.272 e. The molecule has 0 N–H and O–H groups in total. The van der Waals surface area contributed by atoms with Crippen LogP contribution in [0.3, 0.4) is 0 Å². The van der Waals surface area contributed by atoms with Crippen LogP contribution in [0.25, 0.3) is 0 Å². The molecule has 26 heavy (non-hydrogen) atoms. The molecule has 1 saturated heterocycles. The highest BCUT2D eigenvalue weighted by molar-refractivity contribution is 5.93. The number of amides is 2. The van der Waals surface area contributed by atoms with Crippen molar-refractivity contribution in [3.05, 3.63) is 17.7 Å². The summed E-state index contributed by atoms with van der Waals surface area (Å²) in [4.78, 5) is 34.3. The van der Waals surface area contributed by atoms with Gasteiger partial charge in [0.2, 0.25) is 5.91 Å². The van der Waals surface area contributed by atoms with E-state index in [1.165, 1.54) is 19.3 Å². The topological polar surface area (TPSA) is 58.4 Å². The fourth-order valence-electron chi connectivity index (χ4n) is 5.60. The van der Waals surface area contributed by atoms with Crippen molar-refractivity contribution in [3.63, 3.8) is 0 Å². The zero-order chi connectivity index (χ0) is 17.9. The summed E-state index contributed by atoms with van der Waals surface area (Å²) in [5.74, 6) is 2.08. The van der Waals surface area contributed by atoms with Crippen LogP contribution in [-0.4, -0.2) is 57.3 Å². The van der Waals surface area contributed by atoms with E-state index in [1.54, 1.807) is 6.20 Å². The Kier molecular flexibility index (Phi) is 3.66. The molecule has 0 aromatic carbocycles. The quantitative estimate of drug-likeness (QED) is 0.833. The minimum Gasteiger partial charge on any atom is -0.340 e. The number of nitrogens with zero attached hydrogens (tertiary/aromatic N) is 4. The van der Waals surface area contributed by atoms with Gasteiger partial charge in [0.05, 0.1) is 17.7 Å². The van der Waals surface area contributed by atoms with Crippen LogP contribution in [0.2, 0.25) is 0 Å². The average Bonchev–Trinajstić information content (AvgIpc) is 3.04. The molecule has 2 aliphatic carbocycles. The van der Waals surface area contributed by atoms with Crippen LogP contribution in [0.15, 0.2) is 6.20 Å². The van der Waals surface area contributed by atoms with Crippen LogP contribution in [0, 0.1) is 11.3 Å². The summed E-state index contributed by atoms with van der Waals surface area (Å²) in [6.45, 7) is 2.38. The number of carbonyl (C=O) groups is 2. The number of aromatic nitrogens is 2. The van der Waals surface area contributed by atoms with Gasteiger partial charge in [-0.15, -0.1) is 0 Å². The number of hydrogen-bond acceptors (Lipinski definition) is 3. The highest BCUT2D eigenvalue weighted by Gasteiger charge is 2.61. The van der Waals surface area contributed by atoms with Gasteiger partial charge < -0.3 is 14.4 Å². The van der Waals surface area contributed by atoms with Gasteiger partial charge in [-0.3, -0.25) is 9.59 Å². The van der Waals surface area contributed by atoms with Gasteiger partial charge in [0, 0.05) is 33.1 Å². The standard InChI is InChI=1S/C20H28N4O2/c1-22(18(25)16-12-21-17-6-4-9-24(16)17)15-7-10-23(13-15)19(26)20-8-3-2-5-14(20)11-20/h12,14-15H,2-11,13H2,1H3. The largest absolute Gasteiger partial charge is 0.340 e. The van der Waals surface area contributed by atoms with Gasteiger partial charge in [0.25, 0.3) is 5.91 Å². The first-order chi connectivity index (χ1) is 12.6. The Morgan fingerprint density at radius 1 is 1.23 bits per heavy atom. The first-order valence-corrected chi connectivity index (χ1v) is 10.2. The molecule has 2 aliphatic heterocycles. The van der Waals surface area contributed by atoms with Crippen LogP contribution in [0.4, 0.5) is 0 Å². The summed E-state index contributed by atoms with van der Waals surface area (Å²) in [6, 6.07) is 0.121. The second kappa shape index (κ2) is 5.83. The van der Waals surface area contributed by atoms with E-state index in [-0.39, 0.29) is 17.4 Å².